The van der Waals surface area contributed by atoms with Gasteiger partial charge in [-0.15, -0.1) is 0 Å². The molecule has 0 aromatic heterocycles. The molecule has 0 amide bonds. The van der Waals surface area contributed by atoms with E-state index in [0.717, 1.165) is 12.4 Å². The molecule has 0 N–H and O–H groups in total. The van der Waals surface area contributed by atoms with E-state index in [1.54, 1.807) is 0 Å². The highest BCUT2D eigenvalue weighted by atomic mass is 16.5. The fraction of sp³-hybridized carbons (Fsp3) is 0.625. The second-order valence-corrected chi connectivity index (χ2v) is 4.72. The fourth-order valence-corrected chi connectivity index (χ4v) is 2.21. The van der Waals surface area contributed by atoms with Crippen molar-refractivity contribution in [3.63, 3.8) is 0 Å². The number of hydrogen-bond acceptors (Lipinski definition) is 1. The van der Waals surface area contributed by atoms with E-state index >= 15 is 0 Å². The lowest BCUT2D eigenvalue weighted by Gasteiger charge is -2.16. The third-order valence-corrected chi connectivity index (χ3v) is 3.24. The molecule has 0 fully saturated rings. The van der Waals surface area contributed by atoms with Gasteiger partial charge in [0.1, 0.15) is 5.75 Å². The Balaban J connectivity index is 2.52. The molecular weight excluding hydrogens is 208 g/mol. The van der Waals surface area contributed by atoms with Crippen molar-refractivity contribution in [1.82, 2.24) is 0 Å². The summed E-state index contributed by atoms with van der Waals surface area (Å²) in [6, 6.07) is 8.45. The Morgan fingerprint density at radius 2 is 1.82 bits per heavy atom. The number of benzene rings is 1. The zero-order valence-corrected chi connectivity index (χ0v) is 11.5. The average Bonchev–Trinajstić information content (AvgIpc) is 2.35. The summed E-state index contributed by atoms with van der Waals surface area (Å²) in [4.78, 5) is 0. The summed E-state index contributed by atoms with van der Waals surface area (Å²) in [5.41, 5.74) is 1.37. The van der Waals surface area contributed by atoms with E-state index in [0.29, 0.717) is 5.92 Å². The van der Waals surface area contributed by atoms with Gasteiger partial charge in [-0.05, 0) is 30.9 Å². The van der Waals surface area contributed by atoms with Crippen LogP contribution in [0.4, 0.5) is 0 Å². The quantitative estimate of drug-likeness (QED) is 0.564. The molecule has 96 valence electrons. The van der Waals surface area contributed by atoms with Crippen LogP contribution in [0.5, 0.6) is 5.75 Å². The third-order valence-electron chi connectivity index (χ3n) is 3.24. The Labute approximate surface area is 106 Å². The normalized spacial score (nSPS) is 12.4. The van der Waals surface area contributed by atoms with Crippen LogP contribution in [0.1, 0.15) is 64.4 Å². The summed E-state index contributed by atoms with van der Waals surface area (Å²) in [6.07, 6.45) is 6.63. The molecule has 0 bridgehead atoms. The molecule has 0 spiro atoms. The van der Waals surface area contributed by atoms with Gasteiger partial charge in [-0.25, -0.2) is 0 Å². The summed E-state index contributed by atoms with van der Waals surface area (Å²) >= 11 is 0. The van der Waals surface area contributed by atoms with Crippen LogP contribution in [0.25, 0.3) is 0 Å². The highest BCUT2D eigenvalue weighted by molar-refractivity contribution is 5.35. The lowest BCUT2D eigenvalue weighted by Crippen LogP contribution is -2.00. The maximum atomic E-state index is 5.69. The van der Waals surface area contributed by atoms with Crippen molar-refractivity contribution in [3.8, 4) is 5.75 Å². The van der Waals surface area contributed by atoms with Crippen LogP contribution in [-0.2, 0) is 0 Å². The second-order valence-electron chi connectivity index (χ2n) is 4.72. The zero-order chi connectivity index (χ0) is 12.5. The van der Waals surface area contributed by atoms with Crippen molar-refractivity contribution in [3.05, 3.63) is 29.8 Å². The summed E-state index contributed by atoms with van der Waals surface area (Å²) in [7, 11) is 0. The number of rotatable bonds is 8. The van der Waals surface area contributed by atoms with E-state index in [2.05, 4.69) is 38.1 Å². The van der Waals surface area contributed by atoms with Crippen molar-refractivity contribution in [2.24, 2.45) is 0 Å². The van der Waals surface area contributed by atoms with Crippen LogP contribution in [0, 0.1) is 0 Å². The molecule has 0 saturated heterocycles. The van der Waals surface area contributed by atoms with Gasteiger partial charge in [0, 0.05) is 0 Å². The van der Waals surface area contributed by atoms with Gasteiger partial charge in [-0.1, -0.05) is 57.7 Å². The SMILES string of the molecule is CCCCCCC(C)c1ccccc1OCC. The van der Waals surface area contributed by atoms with Gasteiger partial charge in [0.15, 0.2) is 0 Å². The smallest absolute Gasteiger partial charge is 0.122 e. The molecule has 1 heteroatoms. The Morgan fingerprint density at radius 1 is 1.06 bits per heavy atom. The van der Waals surface area contributed by atoms with E-state index in [4.69, 9.17) is 4.74 Å². The summed E-state index contributed by atoms with van der Waals surface area (Å²) < 4.78 is 5.69. The van der Waals surface area contributed by atoms with Crippen LogP contribution in [0.3, 0.4) is 0 Å². The van der Waals surface area contributed by atoms with Gasteiger partial charge in [-0.3, -0.25) is 0 Å². The third kappa shape index (κ3) is 4.80. The minimum Gasteiger partial charge on any atom is -0.494 e. The molecule has 1 nitrogen and oxygen atoms in total. The lowest BCUT2D eigenvalue weighted by atomic mass is 9.94. The highest BCUT2D eigenvalue weighted by Gasteiger charge is 2.10. The molecule has 0 heterocycles. The Morgan fingerprint density at radius 3 is 2.53 bits per heavy atom. The molecule has 17 heavy (non-hydrogen) atoms. The number of unbranched alkanes of at least 4 members (excludes halogenated alkanes) is 3. The van der Waals surface area contributed by atoms with E-state index < -0.39 is 0 Å². The van der Waals surface area contributed by atoms with Gasteiger partial charge in [0.05, 0.1) is 6.61 Å². The predicted octanol–water partition coefficient (Wildman–Crippen LogP) is 5.16. The first kappa shape index (κ1) is 14.1. The monoisotopic (exact) mass is 234 g/mol. The first-order chi connectivity index (χ1) is 8.29. The van der Waals surface area contributed by atoms with Gasteiger partial charge >= 0.3 is 0 Å². The predicted molar refractivity (Wildman–Crippen MR) is 74.8 cm³/mol. The maximum absolute atomic E-state index is 5.69. The molecule has 1 unspecified atom stereocenters. The lowest BCUT2D eigenvalue weighted by molar-refractivity contribution is 0.333. The van der Waals surface area contributed by atoms with E-state index in [-0.39, 0.29) is 0 Å². The number of hydrogen-bond donors (Lipinski definition) is 0. The average molecular weight is 234 g/mol. The Bertz CT molecular complexity index is 306. The molecular formula is C16H26O. The van der Waals surface area contributed by atoms with Crippen molar-refractivity contribution in [2.75, 3.05) is 6.61 Å². The first-order valence-electron chi connectivity index (χ1n) is 7.01. The summed E-state index contributed by atoms with van der Waals surface area (Å²) in [6.45, 7) is 7.36. The fourth-order valence-electron chi connectivity index (χ4n) is 2.21. The van der Waals surface area contributed by atoms with Crippen molar-refractivity contribution in [2.45, 2.75) is 58.8 Å². The van der Waals surface area contributed by atoms with Gasteiger partial charge in [0.25, 0.3) is 0 Å². The molecule has 0 radical (unpaired) electrons. The minimum absolute atomic E-state index is 0.606. The second kappa shape index (κ2) is 8.16. The van der Waals surface area contributed by atoms with Crippen molar-refractivity contribution >= 4 is 0 Å². The highest BCUT2D eigenvalue weighted by Crippen LogP contribution is 2.30. The molecule has 1 rings (SSSR count). The topological polar surface area (TPSA) is 9.23 Å². The minimum atomic E-state index is 0.606. The van der Waals surface area contributed by atoms with Crippen LogP contribution in [-0.4, -0.2) is 6.61 Å². The van der Waals surface area contributed by atoms with Gasteiger partial charge < -0.3 is 4.74 Å². The van der Waals surface area contributed by atoms with Gasteiger partial charge in [0.2, 0.25) is 0 Å². The maximum Gasteiger partial charge on any atom is 0.122 e. The van der Waals surface area contributed by atoms with E-state index in [1.165, 1.54) is 37.7 Å². The molecule has 0 aliphatic carbocycles. The molecule has 1 atom stereocenters. The number of para-hydroxylation sites is 1. The number of ether oxygens (including phenoxy) is 1. The van der Waals surface area contributed by atoms with E-state index in [1.807, 2.05) is 6.92 Å². The molecule has 1 aromatic carbocycles. The van der Waals surface area contributed by atoms with Gasteiger partial charge in [-0.2, -0.15) is 0 Å². The summed E-state index contributed by atoms with van der Waals surface area (Å²) in [5, 5.41) is 0. The Kier molecular flexibility index (Phi) is 6.76. The summed E-state index contributed by atoms with van der Waals surface area (Å²) in [5.74, 6) is 1.67. The molecule has 0 saturated carbocycles. The van der Waals surface area contributed by atoms with Crippen LogP contribution >= 0.6 is 0 Å². The standard InChI is InChI=1S/C16H26O/c1-4-6-7-8-11-14(3)15-12-9-10-13-16(15)17-5-2/h9-10,12-14H,4-8,11H2,1-3H3. The molecule has 1 aromatic rings. The largest absolute Gasteiger partial charge is 0.494 e. The van der Waals surface area contributed by atoms with E-state index in [9.17, 15) is 0 Å². The van der Waals surface area contributed by atoms with Crippen molar-refractivity contribution < 1.29 is 4.74 Å². The van der Waals surface area contributed by atoms with Crippen LogP contribution in [0.2, 0.25) is 0 Å². The first-order valence-corrected chi connectivity index (χ1v) is 7.01. The van der Waals surface area contributed by atoms with Crippen LogP contribution < -0.4 is 4.74 Å². The molecule has 0 aliphatic rings. The Hall–Kier alpha value is -0.980. The molecule has 0 aliphatic heterocycles. The van der Waals surface area contributed by atoms with Crippen LogP contribution in [0.15, 0.2) is 24.3 Å². The zero-order valence-electron chi connectivity index (χ0n) is 11.5. The van der Waals surface area contributed by atoms with Crippen molar-refractivity contribution in [1.29, 1.82) is 0 Å².